The maximum atomic E-state index is 13.4. The van der Waals surface area contributed by atoms with Crippen molar-refractivity contribution in [3.05, 3.63) is 72.0 Å². The van der Waals surface area contributed by atoms with Crippen molar-refractivity contribution in [2.45, 2.75) is 24.3 Å². The minimum absolute atomic E-state index is 0.0304. The van der Waals surface area contributed by atoms with E-state index >= 15 is 0 Å². The number of nitrogens with zero attached hydrogens (tertiary/aromatic N) is 6. The molecule has 3 heterocycles. The third kappa shape index (κ3) is 5.85. The number of nitrogens with one attached hydrogen (secondary N) is 1. The van der Waals surface area contributed by atoms with Crippen LogP contribution in [0.15, 0.2) is 48.8 Å². The SMILES string of the molecule is CNC(=O)c1cccc(-c2nnc(CS(=O)(=O)[C@@H](C)Cc3ncc(F)cn3)n2-c2c(OC)cccc2OC)n1. The van der Waals surface area contributed by atoms with E-state index in [1.807, 2.05) is 0 Å². The molecule has 12 nitrogen and oxygen atoms in total. The van der Waals surface area contributed by atoms with Gasteiger partial charge < -0.3 is 14.8 Å². The van der Waals surface area contributed by atoms with Gasteiger partial charge in [0.1, 0.15) is 40.2 Å². The van der Waals surface area contributed by atoms with Gasteiger partial charge in [-0.2, -0.15) is 0 Å². The first kappa shape index (κ1) is 27.6. The van der Waals surface area contributed by atoms with Crippen LogP contribution in [-0.2, 0) is 22.0 Å². The van der Waals surface area contributed by atoms with E-state index in [4.69, 9.17) is 9.47 Å². The molecule has 1 aromatic carbocycles. The third-order valence-corrected chi connectivity index (χ3v) is 7.93. The van der Waals surface area contributed by atoms with Crippen LogP contribution >= 0.6 is 0 Å². The lowest BCUT2D eigenvalue weighted by Gasteiger charge is -2.18. The van der Waals surface area contributed by atoms with Gasteiger partial charge in [-0.3, -0.25) is 9.36 Å². The number of amides is 1. The zero-order valence-electron chi connectivity index (χ0n) is 21.6. The summed E-state index contributed by atoms with van der Waals surface area (Å²) in [5, 5.41) is 10.1. The number of carbonyl (C=O) groups excluding carboxylic acids is 1. The number of halogens is 1. The number of hydrogen-bond acceptors (Lipinski definition) is 10. The molecule has 0 spiro atoms. The van der Waals surface area contributed by atoms with E-state index in [2.05, 4.69) is 30.5 Å². The predicted octanol–water partition coefficient (Wildman–Crippen LogP) is 2.18. The number of sulfone groups is 1. The second kappa shape index (κ2) is 11.5. The van der Waals surface area contributed by atoms with Crippen LogP contribution in [-0.4, -0.2) is 70.6 Å². The minimum atomic E-state index is -3.85. The van der Waals surface area contributed by atoms with Gasteiger partial charge in [-0.05, 0) is 31.2 Å². The molecule has 0 saturated heterocycles. The number of para-hydroxylation sites is 1. The molecule has 39 heavy (non-hydrogen) atoms. The zero-order valence-corrected chi connectivity index (χ0v) is 22.4. The summed E-state index contributed by atoms with van der Waals surface area (Å²) in [7, 11) is 0.570. The molecular formula is C25H26FN7O5S. The van der Waals surface area contributed by atoms with Gasteiger partial charge in [0.25, 0.3) is 5.91 Å². The van der Waals surface area contributed by atoms with Gasteiger partial charge in [-0.15, -0.1) is 10.2 Å². The maximum absolute atomic E-state index is 13.4. The van der Waals surface area contributed by atoms with Gasteiger partial charge in [0.15, 0.2) is 27.3 Å². The van der Waals surface area contributed by atoms with Crippen LogP contribution in [0.25, 0.3) is 17.2 Å². The van der Waals surface area contributed by atoms with Crippen molar-refractivity contribution in [3.63, 3.8) is 0 Å². The van der Waals surface area contributed by atoms with Gasteiger partial charge in [0.05, 0.1) is 31.9 Å². The van der Waals surface area contributed by atoms with Crippen LogP contribution < -0.4 is 14.8 Å². The van der Waals surface area contributed by atoms with E-state index in [1.165, 1.54) is 38.8 Å². The first-order valence-corrected chi connectivity index (χ1v) is 13.4. The summed E-state index contributed by atoms with van der Waals surface area (Å²) in [4.78, 5) is 24.4. The number of benzene rings is 1. The Kier molecular flexibility index (Phi) is 8.14. The fourth-order valence-electron chi connectivity index (χ4n) is 3.83. The Morgan fingerprint density at radius 3 is 2.31 bits per heavy atom. The topological polar surface area (TPSA) is 151 Å². The van der Waals surface area contributed by atoms with Crippen molar-refractivity contribution in [2.75, 3.05) is 21.3 Å². The Morgan fingerprint density at radius 2 is 1.69 bits per heavy atom. The van der Waals surface area contributed by atoms with Crippen molar-refractivity contribution in [1.29, 1.82) is 0 Å². The number of pyridine rings is 1. The lowest BCUT2D eigenvalue weighted by atomic mass is 10.2. The maximum Gasteiger partial charge on any atom is 0.269 e. The predicted molar refractivity (Wildman–Crippen MR) is 139 cm³/mol. The molecule has 0 saturated carbocycles. The fourth-order valence-corrected chi connectivity index (χ4v) is 5.06. The minimum Gasteiger partial charge on any atom is -0.494 e. The number of methoxy groups -OCH3 is 2. The molecule has 0 aliphatic rings. The molecule has 4 aromatic rings. The van der Waals surface area contributed by atoms with Crippen molar-refractivity contribution in [2.24, 2.45) is 0 Å². The summed E-state index contributed by atoms with van der Waals surface area (Å²) in [6.45, 7) is 1.52. The molecule has 0 aliphatic carbocycles. The van der Waals surface area contributed by atoms with Gasteiger partial charge in [0, 0.05) is 13.5 Å². The standard InChI is InChI=1S/C25H26FN7O5S/c1-15(11-21-28-12-16(26)13-29-21)39(35,36)14-22-31-32-24(17-7-5-8-18(30-17)25(34)27-2)33(22)23-19(37-3)9-6-10-20(23)38-4/h5-10,12-13,15H,11,14H2,1-4H3,(H,27,34)/t15-/m0/s1. The van der Waals surface area contributed by atoms with Crippen molar-refractivity contribution in [1.82, 2.24) is 35.0 Å². The average Bonchev–Trinajstić information content (AvgIpc) is 3.35. The van der Waals surface area contributed by atoms with Crippen LogP contribution in [0.5, 0.6) is 11.5 Å². The molecule has 1 atom stereocenters. The van der Waals surface area contributed by atoms with E-state index in [0.29, 0.717) is 17.2 Å². The highest BCUT2D eigenvalue weighted by Gasteiger charge is 2.29. The van der Waals surface area contributed by atoms with Gasteiger partial charge in [0.2, 0.25) is 0 Å². The second-order valence-electron chi connectivity index (χ2n) is 8.41. The van der Waals surface area contributed by atoms with Gasteiger partial charge in [-0.1, -0.05) is 12.1 Å². The summed E-state index contributed by atoms with van der Waals surface area (Å²) in [5.74, 6) is -0.384. The van der Waals surface area contributed by atoms with Crippen LogP contribution in [0, 0.1) is 5.82 Å². The van der Waals surface area contributed by atoms with Gasteiger partial charge in [-0.25, -0.2) is 27.8 Å². The Labute approximate surface area is 224 Å². The summed E-state index contributed by atoms with van der Waals surface area (Å²) >= 11 is 0. The molecular weight excluding hydrogens is 529 g/mol. The molecule has 1 amide bonds. The second-order valence-corrected chi connectivity index (χ2v) is 10.8. The lowest BCUT2D eigenvalue weighted by Crippen LogP contribution is -2.24. The number of rotatable bonds is 10. The molecule has 0 radical (unpaired) electrons. The Balaban J connectivity index is 1.83. The molecule has 1 N–H and O–H groups in total. The highest BCUT2D eigenvalue weighted by Crippen LogP contribution is 2.36. The smallest absolute Gasteiger partial charge is 0.269 e. The number of ether oxygens (including phenoxy) is 2. The van der Waals surface area contributed by atoms with E-state index in [1.54, 1.807) is 30.3 Å². The highest BCUT2D eigenvalue weighted by molar-refractivity contribution is 7.91. The third-order valence-electron chi connectivity index (χ3n) is 5.88. The van der Waals surface area contributed by atoms with Gasteiger partial charge >= 0.3 is 0 Å². The summed E-state index contributed by atoms with van der Waals surface area (Å²) in [6.07, 6.45) is 1.94. The van der Waals surface area contributed by atoms with Crippen LogP contribution in [0.2, 0.25) is 0 Å². The monoisotopic (exact) mass is 555 g/mol. The van der Waals surface area contributed by atoms with Crippen molar-refractivity contribution >= 4 is 15.7 Å². The largest absolute Gasteiger partial charge is 0.494 e. The average molecular weight is 556 g/mol. The Hall–Kier alpha value is -4.46. The summed E-state index contributed by atoms with van der Waals surface area (Å²) < 4.78 is 52.7. The van der Waals surface area contributed by atoms with E-state index in [-0.39, 0.29) is 35.3 Å². The Bertz CT molecular complexity index is 1570. The fraction of sp³-hybridized carbons (Fsp3) is 0.280. The molecule has 4 rings (SSSR count). The molecule has 0 bridgehead atoms. The van der Waals surface area contributed by atoms with Crippen LogP contribution in [0.1, 0.15) is 29.1 Å². The van der Waals surface area contributed by atoms with E-state index in [9.17, 15) is 17.6 Å². The van der Waals surface area contributed by atoms with Crippen LogP contribution in [0.4, 0.5) is 4.39 Å². The zero-order chi connectivity index (χ0) is 28.2. The number of carbonyl (C=O) groups is 1. The quantitative estimate of drug-likeness (QED) is 0.308. The first-order valence-electron chi connectivity index (χ1n) is 11.7. The number of hydrogen-bond donors (Lipinski definition) is 1. The highest BCUT2D eigenvalue weighted by atomic mass is 32.2. The molecule has 0 unspecified atom stereocenters. The first-order chi connectivity index (χ1) is 18.7. The summed E-state index contributed by atoms with van der Waals surface area (Å²) in [6, 6.07) is 9.88. The summed E-state index contributed by atoms with van der Waals surface area (Å²) in [5.41, 5.74) is 0.765. The number of aromatic nitrogens is 6. The normalized spacial score (nSPS) is 12.1. The molecule has 0 fully saturated rings. The van der Waals surface area contributed by atoms with Crippen molar-refractivity contribution < 1.29 is 27.1 Å². The van der Waals surface area contributed by atoms with Crippen LogP contribution in [0.3, 0.4) is 0 Å². The Morgan fingerprint density at radius 1 is 1.05 bits per heavy atom. The molecule has 14 heteroatoms. The molecule has 3 aromatic heterocycles. The molecule has 0 aliphatic heterocycles. The van der Waals surface area contributed by atoms with E-state index in [0.717, 1.165) is 12.4 Å². The van der Waals surface area contributed by atoms with E-state index < -0.39 is 32.6 Å². The lowest BCUT2D eigenvalue weighted by molar-refractivity contribution is 0.0958. The van der Waals surface area contributed by atoms with Crippen molar-refractivity contribution in [3.8, 4) is 28.7 Å². The molecule has 204 valence electrons.